The number of nitrogens with zero attached hydrogens (tertiary/aromatic N) is 2. The molecule has 4 nitrogen and oxygen atoms in total. The second-order valence-electron chi connectivity index (χ2n) is 5.92. The number of thiazole rings is 1. The molecule has 0 fully saturated rings. The minimum absolute atomic E-state index is 0.147. The summed E-state index contributed by atoms with van der Waals surface area (Å²) in [6.07, 6.45) is 2.40. The predicted octanol–water partition coefficient (Wildman–Crippen LogP) is 4.82. The van der Waals surface area contributed by atoms with Gasteiger partial charge in [0.15, 0.2) is 4.80 Å². The Kier molecular flexibility index (Phi) is 7.58. The van der Waals surface area contributed by atoms with Crippen molar-refractivity contribution in [2.75, 3.05) is 24.9 Å². The molecular formula is C20H21FN2O2S3. The van der Waals surface area contributed by atoms with Gasteiger partial charge in [0.05, 0.1) is 17.3 Å². The molecule has 0 aliphatic rings. The molecule has 0 radical (unpaired) electrons. The van der Waals surface area contributed by atoms with E-state index in [9.17, 15) is 9.18 Å². The molecule has 0 bridgehead atoms. The molecule has 0 atom stereocenters. The van der Waals surface area contributed by atoms with Crippen LogP contribution in [0.2, 0.25) is 0 Å². The number of carbonyl (C=O) groups is 1. The molecule has 3 aromatic rings. The van der Waals surface area contributed by atoms with Crippen LogP contribution in [-0.4, -0.2) is 35.3 Å². The minimum Gasteiger partial charge on any atom is -0.497 e. The maximum Gasteiger partial charge on any atom is 0.249 e. The van der Waals surface area contributed by atoms with Crippen molar-refractivity contribution in [2.45, 2.75) is 17.9 Å². The third-order valence-electron chi connectivity index (χ3n) is 4.03. The Bertz CT molecular complexity index is 1010. The molecule has 0 saturated heterocycles. The number of rotatable bonds is 8. The highest BCUT2D eigenvalue weighted by Crippen LogP contribution is 2.23. The monoisotopic (exact) mass is 436 g/mol. The van der Waals surface area contributed by atoms with E-state index in [1.807, 2.05) is 18.2 Å². The Morgan fingerprint density at radius 2 is 2.00 bits per heavy atom. The maximum atomic E-state index is 13.0. The Labute approximate surface area is 175 Å². The molecule has 3 rings (SSSR count). The van der Waals surface area contributed by atoms with Crippen LogP contribution in [0.5, 0.6) is 5.75 Å². The highest BCUT2D eigenvalue weighted by molar-refractivity contribution is 7.99. The lowest BCUT2D eigenvalue weighted by Crippen LogP contribution is -2.18. The number of fused-ring (bicyclic) bond motifs is 1. The molecule has 1 amide bonds. The van der Waals surface area contributed by atoms with Gasteiger partial charge in [0, 0.05) is 29.4 Å². The molecule has 8 heteroatoms. The van der Waals surface area contributed by atoms with Gasteiger partial charge in [-0.05, 0) is 48.7 Å². The number of thioether (sulfide) groups is 2. The van der Waals surface area contributed by atoms with E-state index < -0.39 is 0 Å². The van der Waals surface area contributed by atoms with E-state index in [0.717, 1.165) is 33.2 Å². The van der Waals surface area contributed by atoms with Gasteiger partial charge in [-0.2, -0.15) is 16.8 Å². The summed E-state index contributed by atoms with van der Waals surface area (Å²) in [5.41, 5.74) is 1.06. The smallest absolute Gasteiger partial charge is 0.249 e. The Hall–Kier alpha value is -1.77. The Morgan fingerprint density at radius 3 is 2.71 bits per heavy atom. The van der Waals surface area contributed by atoms with Gasteiger partial charge < -0.3 is 9.30 Å². The largest absolute Gasteiger partial charge is 0.497 e. The normalized spacial score (nSPS) is 11.9. The number of amides is 1. The second-order valence-corrected chi connectivity index (χ2v) is 9.08. The number of carbonyl (C=O) groups excluding carboxylic acids is 1. The van der Waals surface area contributed by atoms with Crippen LogP contribution in [-0.2, 0) is 11.3 Å². The highest BCUT2D eigenvalue weighted by Gasteiger charge is 2.09. The van der Waals surface area contributed by atoms with Gasteiger partial charge >= 0.3 is 0 Å². The number of benzene rings is 2. The molecule has 1 aromatic heterocycles. The first-order valence-electron chi connectivity index (χ1n) is 8.73. The molecular weight excluding hydrogens is 415 g/mol. The van der Waals surface area contributed by atoms with Gasteiger partial charge in [0.25, 0.3) is 0 Å². The van der Waals surface area contributed by atoms with E-state index >= 15 is 0 Å². The Morgan fingerprint density at radius 1 is 1.21 bits per heavy atom. The third-order valence-corrected chi connectivity index (χ3v) is 6.67. The molecule has 2 aromatic carbocycles. The molecule has 0 aliphatic carbocycles. The van der Waals surface area contributed by atoms with E-state index in [1.165, 1.54) is 35.2 Å². The van der Waals surface area contributed by atoms with Gasteiger partial charge in [-0.25, -0.2) is 4.39 Å². The summed E-state index contributed by atoms with van der Waals surface area (Å²) in [6, 6.07) is 12.2. The fraction of sp³-hybridized carbons (Fsp3) is 0.300. The van der Waals surface area contributed by atoms with E-state index in [2.05, 4.69) is 15.8 Å². The first-order valence-corrected chi connectivity index (χ1v) is 11.9. The molecule has 0 unspecified atom stereocenters. The van der Waals surface area contributed by atoms with Crippen LogP contribution in [0.4, 0.5) is 4.39 Å². The van der Waals surface area contributed by atoms with Crippen LogP contribution >= 0.6 is 34.9 Å². The van der Waals surface area contributed by atoms with Crippen molar-refractivity contribution in [1.82, 2.24) is 4.57 Å². The van der Waals surface area contributed by atoms with Crippen molar-refractivity contribution < 1.29 is 13.9 Å². The topological polar surface area (TPSA) is 43.6 Å². The van der Waals surface area contributed by atoms with E-state index in [1.54, 1.807) is 31.0 Å². The van der Waals surface area contributed by atoms with Crippen LogP contribution in [0, 0.1) is 5.82 Å². The zero-order valence-corrected chi connectivity index (χ0v) is 18.1. The van der Waals surface area contributed by atoms with Crippen molar-refractivity contribution in [1.29, 1.82) is 0 Å². The summed E-state index contributed by atoms with van der Waals surface area (Å²) in [5.74, 6) is 1.94. The quantitative estimate of drug-likeness (QED) is 0.475. The molecule has 148 valence electrons. The van der Waals surface area contributed by atoms with Crippen molar-refractivity contribution in [2.24, 2.45) is 4.99 Å². The lowest BCUT2D eigenvalue weighted by Gasteiger charge is -2.04. The fourth-order valence-electron chi connectivity index (χ4n) is 2.61. The fourth-order valence-corrected chi connectivity index (χ4v) is 4.92. The van der Waals surface area contributed by atoms with Gasteiger partial charge in [-0.15, -0.1) is 11.8 Å². The summed E-state index contributed by atoms with van der Waals surface area (Å²) < 4.78 is 21.4. The highest BCUT2D eigenvalue weighted by atomic mass is 32.2. The van der Waals surface area contributed by atoms with Crippen LogP contribution in [0.1, 0.15) is 6.42 Å². The van der Waals surface area contributed by atoms with Crippen molar-refractivity contribution in [3.63, 3.8) is 0 Å². The van der Waals surface area contributed by atoms with Crippen LogP contribution in [0.25, 0.3) is 10.2 Å². The number of aryl methyl sites for hydroxylation is 1. The lowest BCUT2D eigenvalue weighted by molar-refractivity contribution is -0.117. The van der Waals surface area contributed by atoms with Gasteiger partial charge in [-0.3, -0.25) is 4.79 Å². The molecule has 0 saturated carbocycles. The first-order chi connectivity index (χ1) is 13.6. The summed E-state index contributed by atoms with van der Waals surface area (Å²) >= 11 is 4.79. The Balaban J connectivity index is 1.76. The number of hydrogen-bond acceptors (Lipinski definition) is 5. The average Bonchev–Trinajstić information content (AvgIpc) is 3.03. The maximum absolute atomic E-state index is 13.0. The summed E-state index contributed by atoms with van der Waals surface area (Å²) in [4.78, 5) is 18.4. The zero-order valence-electron chi connectivity index (χ0n) is 15.7. The molecule has 28 heavy (non-hydrogen) atoms. The van der Waals surface area contributed by atoms with E-state index in [4.69, 9.17) is 4.74 Å². The number of hydrogen-bond donors (Lipinski definition) is 0. The van der Waals surface area contributed by atoms with Crippen molar-refractivity contribution in [3.05, 3.63) is 53.1 Å². The second kappa shape index (κ2) is 10.1. The number of methoxy groups -OCH3 is 1. The van der Waals surface area contributed by atoms with E-state index in [0.29, 0.717) is 17.0 Å². The summed E-state index contributed by atoms with van der Waals surface area (Å²) in [6.45, 7) is 0.796. The van der Waals surface area contributed by atoms with Gasteiger partial charge in [0.2, 0.25) is 5.91 Å². The number of ether oxygens (including phenoxy) is 1. The number of halogens is 1. The molecule has 1 heterocycles. The standard InChI is InChI=1S/C20H21FN2O2S3/c1-25-15-5-8-17-18(13-15)28-20(23(17)10-12-26-2)22-19(24)9-11-27-16-6-3-14(21)4-7-16/h3-8,13H,9-12H2,1-2H3. The lowest BCUT2D eigenvalue weighted by atomic mass is 10.3. The van der Waals surface area contributed by atoms with E-state index in [-0.39, 0.29) is 11.7 Å². The average molecular weight is 437 g/mol. The van der Waals surface area contributed by atoms with Crippen LogP contribution in [0.3, 0.4) is 0 Å². The molecule has 0 spiro atoms. The summed E-state index contributed by atoms with van der Waals surface area (Å²) in [7, 11) is 1.64. The van der Waals surface area contributed by atoms with Gasteiger partial charge in [-0.1, -0.05) is 11.3 Å². The molecule has 0 aliphatic heterocycles. The van der Waals surface area contributed by atoms with Crippen LogP contribution < -0.4 is 9.54 Å². The van der Waals surface area contributed by atoms with Crippen LogP contribution in [0.15, 0.2) is 52.4 Å². The minimum atomic E-state index is -0.258. The molecule has 0 N–H and O–H groups in total. The van der Waals surface area contributed by atoms with Crippen molar-refractivity contribution >= 4 is 51.0 Å². The zero-order chi connectivity index (χ0) is 19.9. The van der Waals surface area contributed by atoms with Crippen molar-refractivity contribution in [3.8, 4) is 5.75 Å². The number of aromatic nitrogens is 1. The third kappa shape index (κ3) is 5.40. The summed E-state index contributed by atoms with van der Waals surface area (Å²) in [5, 5.41) is 0. The predicted molar refractivity (Wildman–Crippen MR) is 117 cm³/mol. The SMILES string of the molecule is COc1ccc2c(c1)sc(=NC(=O)CCSc1ccc(F)cc1)n2CCSC. The van der Waals surface area contributed by atoms with Gasteiger partial charge in [0.1, 0.15) is 11.6 Å². The first kappa shape index (κ1) is 21.0.